The van der Waals surface area contributed by atoms with Crippen molar-refractivity contribution >= 4 is 23.4 Å². The highest BCUT2D eigenvalue weighted by Gasteiger charge is 2.27. The summed E-state index contributed by atoms with van der Waals surface area (Å²) in [5.74, 6) is -0.638. The van der Waals surface area contributed by atoms with Gasteiger partial charge < -0.3 is 20.7 Å². The normalized spacial score (nSPS) is 14.4. The van der Waals surface area contributed by atoms with Crippen molar-refractivity contribution in [3.05, 3.63) is 60.2 Å². The Morgan fingerprint density at radius 1 is 1.00 bits per heavy atom. The van der Waals surface area contributed by atoms with E-state index in [0.717, 1.165) is 5.69 Å². The van der Waals surface area contributed by atoms with E-state index >= 15 is 0 Å². The lowest BCUT2D eigenvalue weighted by Crippen LogP contribution is -2.43. The standard InChI is InChI=1S/C21H23N3O4/c22-20(26)17-8-4-5-9-18(17)28-14-19(25)24-12-10-15(11-13-24)21(27)23-16-6-2-1-3-7-16/h1-9,15H,10-14H2,(H2,22,26)(H,23,27). The van der Waals surface area contributed by atoms with Gasteiger partial charge >= 0.3 is 0 Å². The molecule has 1 fully saturated rings. The van der Waals surface area contributed by atoms with Crippen molar-refractivity contribution in [1.29, 1.82) is 0 Å². The molecule has 0 aromatic heterocycles. The van der Waals surface area contributed by atoms with Gasteiger partial charge in [0.15, 0.2) is 6.61 Å². The van der Waals surface area contributed by atoms with E-state index in [1.807, 2.05) is 30.3 Å². The Bertz CT molecular complexity index is 846. The number of para-hydroxylation sites is 2. The van der Waals surface area contributed by atoms with Gasteiger partial charge in [0, 0.05) is 24.7 Å². The summed E-state index contributed by atoms with van der Waals surface area (Å²) in [5.41, 5.74) is 6.32. The third-order valence-corrected chi connectivity index (χ3v) is 4.76. The van der Waals surface area contributed by atoms with Gasteiger partial charge in [-0.15, -0.1) is 0 Å². The number of piperidine rings is 1. The molecule has 2 aromatic carbocycles. The van der Waals surface area contributed by atoms with E-state index in [-0.39, 0.29) is 29.9 Å². The second-order valence-electron chi connectivity index (χ2n) is 6.66. The number of carbonyl (C=O) groups is 3. The molecule has 0 spiro atoms. The molecule has 0 saturated carbocycles. The fourth-order valence-electron chi connectivity index (χ4n) is 3.18. The molecule has 0 unspecified atom stereocenters. The Balaban J connectivity index is 1.47. The van der Waals surface area contributed by atoms with Crippen LogP contribution in [0, 0.1) is 5.92 Å². The number of nitrogens with one attached hydrogen (secondary N) is 1. The van der Waals surface area contributed by atoms with Crippen molar-refractivity contribution in [2.24, 2.45) is 11.7 Å². The number of hydrogen-bond acceptors (Lipinski definition) is 4. The van der Waals surface area contributed by atoms with Crippen LogP contribution in [0.25, 0.3) is 0 Å². The summed E-state index contributed by atoms with van der Waals surface area (Å²) in [6, 6.07) is 15.9. The van der Waals surface area contributed by atoms with Crippen LogP contribution in [0.2, 0.25) is 0 Å². The van der Waals surface area contributed by atoms with E-state index < -0.39 is 5.91 Å². The first kappa shape index (κ1) is 19.4. The first-order valence-electron chi connectivity index (χ1n) is 9.20. The molecule has 28 heavy (non-hydrogen) atoms. The first-order valence-corrected chi connectivity index (χ1v) is 9.20. The molecule has 1 saturated heterocycles. The largest absolute Gasteiger partial charge is 0.483 e. The maximum Gasteiger partial charge on any atom is 0.260 e. The summed E-state index contributed by atoms with van der Waals surface area (Å²) in [5, 5.41) is 2.91. The predicted octanol–water partition coefficient (Wildman–Crippen LogP) is 2.04. The van der Waals surface area contributed by atoms with Crippen LogP contribution in [-0.2, 0) is 9.59 Å². The van der Waals surface area contributed by atoms with Crippen LogP contribution in [0.5, 0.6) is 5.75 Å². The van der Waals surface area contributed by atoms with Crippen LogP contribution < -0.4 is 15.8 Å². The van der Waals surface area contributed by atoms with Gasteiger partial charge in [-0.2, -0.15) is 0 Å². The quantitative estimate of drug-likeness (QED) is 0.799. The average molecular weight is 381 g/mol. The number of nitrogens with two attached hydrogens (primary N) is 1. The van der Waals surface area contributed by atoms with Gasteiger partial charge in [0.25, 0.3) is 11.8 Å². The number of rotatable bonds is 6. The van der Waals surface area contributed by atoms with Crippen molar-refractivity contribution < 1.29 is 19.1 Å². The Labute approximate surface area is 163 Å². The zero-order chi connectivity index (χ0) is 19.9. The highest BCUT2D eigenvalue weighted by Crippen LogP contribution is 2.21. The Hall–Kier alpha value is -3.35. The molecule has 0 bridgehead atoms. The number of primary amides is 1. The first-order chi connectivity index (χ1) is 13.5. The van der Waals surface area contributed by atoms with Crippen molar-refractivity contribution in [1.82, 2.24) is 4.90 Å². The van der Waals surface area contributed by atoms with Crippen LogP contribution in [0.15, 0.2) is 54.6 Å². The van der Waals surface area contributed by atoms with Gasteiger partial charge in [0.1, 0.15) is 5.75 Å². The molecule has 1 aliphatic heterocycles. The molecule has 0 radical (unpaired) electrons. The van der Waals surface area contributed by atoms with Gasteiger partial charge in [-0.25, -0.2) is 0 Å². The molecule has 0 atom stereocenters. The molecule has 7 heteroatoms. The van der Waals surface area contributed by atoms with Crippen LogP contribution >= 0.6 is 0 Å². The predicted molar refractivity (Wildman–Crippen MR) is 105 cm³/mol. The molecular formula is C21H23N3O4. The Morgan fingerprint density at radius 3 is 2.32 bits per heavy atom. The molecule has 2 aromatic rings. The van der Waals surface area contributed by atoms with Gasteiger partial charge in [-0.05, 0) is 37.1 Å². The van der Waals surface area contributed by atoms with Crippen LogP contribution in [-0.4, -0.2) is 42.3 Å². The van der Waals surface area contributed by atoms with Gasteiger partial charge in [0.05, 0.1) is 5.56 Å². The zero-order valence-electron chi connectivity index (χ0n) is 15.5. The van der Waals surface area contributed by atoms with Gasteiger partial charge in [-0.1, -0.05) is 30.3 Å². The van der Waals surface area contributed by atoms with Gasteiger partial charge in [0.2, 0.25) is 5.91 Å². The number of hydrogen-bond donors (Lipinski definition) is 2. The zero-order valence-corrected chi connectivity index (χ0v) is 15.5. The van der Waals surface area contributed by atoms with Crippen molar-refractivity contribution in [2.45, 2.75) is 12.8 Å². The number of ether oxygens (including phenoxy) is 1. The lowest BCUT2D eigenvalue weighted by Gasteiger charge is -2.31. The Morgan fingerprint density at radius 2 is 1.64 bits per heavy atom. The third kappa shape index (κ3) is 4.88. The second kappa shape index (κ2) is 9.03. The average Bonchev–Trinajstić information content (AvgIpc) is 2.73. The van der Waals surface area contributed by atoms with Crippen molar-refractivity contribution in [2.75, 3.05) is 25.0 Å². The summed E-state index contributed by atoms with van der Waals surface area (Å²) >= 11 is 0. The van der Waals surface area contributed by atoms with Crippen LogP contribution in [0.3, 0.4) is 0 Å². The minimum Gasteiger partial charge on any atom is -0.483 e. The molecule has 146 valence electrons. The summed E-state index contributed by atoms with van der Waals surface area (Å²) in [4.78, 5) is 37.9. The van der Waals surface area contributed by atoms with Gasteiger partial charge in [-0.3, -0.25) is 14.4 Å². The van der Waals surface area contributed by atoms with Crippen molar-refractivity contribution in [3.8, 4) is 5.75 Å². The molecule has 7 nitrogen and oxygen atoms in total. The maximum absolute atomic E-state index is 12.4. The monoisotopic (exact) mass is 381 g/mol. The fourth-order valence-corrected chi connectivity index (χ4v) is 3.18. The lowest BCUT2D eigenvalue weighted by molar-refractivity contribution is -0.136. The highest BCUT2D eigenvalue weighted by molar-refractivity contribution is 5.95. The van der Waals surface area contributed by atoms with E-state index in [4.69, 9.17) is 10.5 Å². The van der Waals surface area contributed by atoms with Crippen LogP contribution in [0.4, 0.5) is 5.69 Å². The molecule has 1 heterocycles. The smallest absolute Gasteiger partial charge is 0.260 e. The number of likely N-dealkylation sites (tertiary alicyclic amines) is 1. The van der Waals surface area contributed by atoms with Crippen LogP contribution in [0.1, 0.15) is 23.2 Å². The lowest BCUT2D eigenvalue weighted by atomic mass is 9.95. The third-order valence-electron chi connectivity index (χ3n) is 4.76. The summed E-state index contributed by atoms with van der Waals surface area (Å²) in [6.07, 6.45) is 1.20. The molecule has 3 amide bonds. The minimum absolute atomic E-state index is 0.0232. The molecule has 1 aliphatic rings. The molecule has 3 rings (SSSR count). The summed E-state index contributed by atoms with van der Waals surface area (Å²) in [7, 11) is 0. The highest BCUT2D eigenvalue weighted by atomic mass is 16.5. The molecular weight excluding hydrogens is 358 g/mol. The summed E-state index contributed by atoms with van der Waals surface area (Å²) in [6.45, 7) is 0.810. The van der Waals surface area contributed by atoms with E-state index in [1.165, 1.54) is 0 Å². The minimum atomic E-state index is -0.603. The number of benzene rings is 2. The number of amides is 3. The fraction of sp³-hybridized carbons (Fsp3) is 0.286. The second-order valence-corrected chi connectivity index (χ2v) is 6.66. The SMILES string of the molecule is NC(=O)c1ccccc1OCC(=O)N1CCC(C(=O)Nc2ccccc2)CC1. The number of carbonyl (C=O) groups excluding carboxylic acids is 3. The topological polar surface area (TPSA) is 102 Å². The van der Waals surface area contributed by atoms with E-state index in [2.05, 4.69) is 5.32 Å². The van der Waals surface area contributed by atoms with E-state index in [9.17, 15) is 14.4 Å². The molecule has 0 aliphatic carbocycles. The summed E-state index contributed by atoms with van der Waals surface area (Å²) < 4.78 is 5.50. The van der Waals surface area contributed by atoms with E-state index in [1.54, 1.807) is 29.2 Å². The maximum atomic E-state index is 12.4. The number of anilines is 1. The molecule has 3 N–H and O–H groups in total. The van der Waals surface area contributed by atoms with E-state index in [0.29, 0.717) is 31.7 Å². The number of nitrogens with zero attached hydrogens (tertiary/aromatic N) is 1. The Kier molecular flexibility index (Phi) is 6.26. The van der Waals surface area contributed by atoms with Crippen molar-refractivity contribution in [3.63, 3.8) is 0 Å².